The van der Waals surface area contributed by atoms with E-state index in [2.05, 4.69) is 0 Å². The lowest BCUT2D eigenvalue weighted by Gasteiger charge is -2.13. The molecule has 1 aromatic carbocycles. The number of halogens is 3. The minimum absolute atomic E-state index is 0.0245. The van der Waals surface area contributed by atoms with Crippen molar-refractivity contribution >= 4 is 5.69 Å². The topological polar surface area (TPSA) is 69.2 Å². The molecule has 7 heteroatoms. The van der Waals surface area contributed by atoms with E-state index >= 15 is 0 Å². The molecule has 1 rings (SSSR count). The van der Waals surface area contributed by atoms with Crippen molar-refractivity contribution in [1.82, 2.24) is 0 Å². The fourth-order valence-electron chi connectivity index (χ4n) is 1.18. The molecule has 0 saturated heterocycles. The van der Waals surface area contributed by atoms with Gasteiger partial charge in [0.05, 0.1) is 11.5 Å². The highest BCUT2D eigenvalue weighted by molar-refractivity contribution is 5.36. The summed E-state index contributed by atoms with van der Waals surface area (Å²) in [4.78, 5) is 9.40. The van der Waals surface area contributed by atoms with Gasteiger partial charge in [0.2, 0.25) is 5.82 Å². The van der Waals surface area contributed by atoms with E-state index in [0.29, 0.717) is 0 Å². The Morgan fingerprint density at radius 2 is 2.06 bits per heavy atom. The monoisotopic (exact) mass is 234 g/mol. The molecular weight excluding hydrogens is 225 g/mol. The third kappa shape index (κ3) is 2.93. The maximum absolute atomic E-state index is 12.9. The van der Waals surface area contributed by atoms with Gasteiger partial charge in [-0.05, 0) is 11.6 Å². The predicted octanol–water partition coefficient (Wildman–Crippen LogP) is 1.87. The summed E-state index contributed by atoms with van der Waals surface area (Å²) in [7, 11) is 0. The number of rotatable bonds is 4. The fraction of sp³-hybridized carbons (Fsp3) is 0.333. The molecule has 1 aromatic rings. The zero-order valence-electron chi connectivity index (χ0n) is 8.12. The molecule has 0 atom stereocenters. The van der Waals surface area contributed by atoms with Crippen molar-refractivity contribution in [2.24, 2.45) is 5.73 Å². The van der Waals surface area contributed by atoms with Crippen molar-refractivity contribution in [1.29, 1.82) is 0 Å². The highest BCUT2D eigenvalue weighted by atomic mass is 19.3. The van der Waals surface area contributed by atoms with Gasteiger partial charge in [-0.15, -0.1) is 0 Å². The Kier molecular flexibility index (Phi) is 3.48. The van der Waals surface area contributed by atoms with Crippen molar-refractivity contribution < 1.29 is 18.1 Å². The van der Waals surface area contributed by atoms with Crippen LogP contribution in [0.3, 0.4) is 0 Å². The molecular formula is C9H9F3N2O2. The van der Waals surface area contributed by atoms with E-state index < -0.39 is 35.3 Å². The molecule has 0 spiro atoms. The molecule has 0 heterocycles. The van der Waals surface area contributed by atoms with Gasteiger partial charge in [-0.3, -0.25) is 10.1 Å². The van der Waals surface area contributed by atoms with Crippen molar-refractivity contribution in [3.05, 3.63) is 39.7 Å². The Balaban J connectivity index is 3.00. The van der Waals surface area contributed by atoms with Crippen LogP contribution in [0.4, 0.5) is 18.9 Å². The first-order valence-corrected chi connectivity index (χ1v) is 4.36. The van der Waals surface area contributed by atoms with Gasteiger partial charge in [-0.25, -0.2) is 8.78 Å². The Bertz CT molecular complexity index is 410. The molecule has 16 heavy (non-hydrogen) atoms. The highest BCUT2D eigenvalue weighted by Crippen LogP contribution is 2.23. The molecule has 0 amide bonds. The number of nitro benzene ring substituents is 1. The zero-order chi connectivity index (χ0) is 12.3. The summed E-state index contributed by atoms with van der Waals surface area (Å²) in [6.07, 6.45) is -0.745. The summed E-state index contributed by atoms with van der Waals surface area (Å²) in [6, 6.07) is 2.66. The van der Waals surface area contributed by atoms with Crippen LogP contribution >= 0.6 is 0 Å². The molecule has 0 aromatic heterocycles. The van der Waals surface area contributed by atoms with Gasteiger partial charge >= 0.3 is 5.69 Å². The van der Waals surface area contributed by atoms with E-state index in [-0.39, 0.29) is 5.56 Å². The lowest BCUT2D eigenvalue weighted by Crippen LogP contribution is -2.30. The van der Waals surface area contributed by atoms with Gasteiger partial charge in [0.1, 0.15) is 0 Å². The summed E-state index contributed by atoms with van der Waals surface area (Å²) in [5, 5.41) is 10.4. The van der Waals surface area contributed by atoms with E-state index in [4.69, 9.17) is 5.73 Å². The predicted molar refractivity (Wildman–Crippen MR) is 50.8 cm³/mol. The summed E-state index contributed by atoms with van der Waals surface area (Å²) in [6.45, 7) is -0.863. The molecule has 88 valence electrons. The summed E-state index contributed by atoms with van der Waals surface area (Å²) in [5.74, 6) is -4.20. The first-order valence-electron chi connectivity index (χ1n) is 4.36. The molecule has 0 aliphatic heterocycles. The normalized spacial score (nSPS) is 11.5. The Hall–Kier alpha value is -1.63. The van der Waals surface area contributed by atoms with Gasteiger partial charge in [-0.2, -0.15) is 4.39 Å². The van der Waals surface area contributed by atoms with Crippen LogP contribution in [0.5, 0.6) is 0 Å². The van der Waals surface area contributed by atoms with Gasteiger partial charge in [-0.1, -0.05) is 6.07 Å². The smallest absolute Gasteiger partial charge is 0.305 e. The molecule has 4 nitrogen and oxygen atoms in total. The van der Waals surface area contributed by atoms with Crippen molar-refractivity contribution in [3.63, 3.8) is 0 Å². The van der Waals surface area contributed by atoms with Gasteiger partial charge < -0.3 is 5.73 Å². The number of nitrogens with two attached hydrogens (primary N) is 1. The number of benzene rings is 1. The van der Waals surface area contributed by atoms with E-state index in [9.17, 15) is 23.3 Å². The summed E-state index contributed by atoms with van der Waals surface area (Å²) >= 11 is 0. The van der Waals surface area contributed by atoms with Crippen LogP contribution in [0.1, 0.15) is 5.56 Å². The van der Waals surface area contributed by atoms with Crippen molar-refractivity contribution in [3.8, 4) is 0 Å². The van der Waals surface area contributed by atoms with Crippen LogP contribution in [-0.2, 0) is 6.42 Å². The van der Waals surface area contributed by atoms with E-state index in [0.717, 1.165) is 18.2 Å². The average molecular weight is 234 g/mol. The molecule has 0 fully saturated rings. The Morgan fingerprint density at radius 1 is 1.44 bits per heavy atom. The zero-order valence-corrected chi connectivity index (χ0v) is 8.12. The summed E-state index contributed by atoms with van der Waals surface area (Å²) in [5.41, 5.74) is 3.98. The molecule has 0 aliphatic rings. The average Bonchev–Trinajstić information content (AvgIpc) is 2.20. The molecule has 0 saturated carbocycles. The molecule has 0 bridgehead atoms. The Morgan fingerprint density at radius 3 is 2.56 bits per heavy atom. The van der Waals surface area contributed by atoms with Crippen LogP contribution < -0.4 is 5.73 Å². The van der Waals surface area contributed by atoms with Crippen molar-refractivity contribution in [2.45, 2.75) is 12.3 Å². The summed E-state index contributed by atoms with van der Waals surface area (Å²) < 4.78 is 38.6. The largest absolute Gasteiger partial charge is 0.325 e. The minimum Gasteiger partial charge on any atom is -0.325 e. The van der Waals surface area contributed by atoms with E-state index in [1.165, 1.54) is 0 Å². The van der Waals surface area contributed by atoms with Crippen LogP contribution in [0.25, 0.3) is 0 Å². The number of nitro groups is 1. The third-order valence-corrected chi connectivity index (χ3v) is 1.97. The fourth-order valence-corrected chi connectivity index (χ4v) is 1.18. The van der Waals surface area contributed by atoms with Crippen LogP contribution in [-0.4, -0.2) is 17.4 Å². The van der Waals surface area contributed by atoms with Gasteiger partial charge in [0.15, 0.2) is 0 Å². The van der Waals surface area contributed by atoms with Crippen molar-refractivity contribution in [2.75, 3.05) is 6.54 Å². The second kappa shape index (κ2) is 4.48. The first kappa shape index (κ1) is 12.4. The van der Waals surface area contributed by atoms with Crippen LogP contribution in [0.15, 0.2) is 18.2 Å². The van der Waals surface area contributed by atoms with E-state index in [1.807, 2.05) is 0 Å². The quantitative estimate of drug-likeness (QED) is 0.638. The van der Waals surface area contributed by atoms with Crippen LogP contribution in [0.2, 0.25) is 0 Å². The minimum atomic E-state index is -3.15. The van der Waals surface area contributed by atoms with Gasteiger partial charge in [0.25, 0.3) is 5.92 Å². The lowest BCUT2D eigenvalue weighted by atomic mass is 10.1. The number of hydrogen-bond donors (Lipinski definition) is 1. The molecule has 2 N–H and O–H groups in total. The first-order chi connectivity index (χ1) is 7.35. The maximum Gasteiger partial charge on any atom is 0.305 e. The number of hydrogen-bond acceptors (Lipinski definition) is 3. The van der Waals surface area contributed by atoms with E-state index in [1.54, 1.807) is 0 Å². The third-order valence-electron chi connectivity index (χ3n) is 1.97. The van der Waals surface area contributed by atoms with Crippen LogP contribution in [0, 0.1) is 15.9 Å². The standard InChI is InChI=1S/C9H9F3N2O2/c10-7-2-1-6(3-8(7)14(15)16)4-9(11,12)5-13/h1-3H,4-5,13H2. The van der Waals surface area contributed by atoms with Gasteiger partial charge in [0, 0.05) is 12.5 Å². The number of nitrogens with zero attached hydrogens (tertiary/aromatic N) is 1. The SMILES string of the molecule is NCC(F)(F)Cc1ccc(F)c([N+](=O)[O-])c1. The lowest BCUT2D eigenvalue weighted by molar-refractivity contribution is -0.387. The molecule has 0 unspecified atom stereocenters. The number of alkyl halides is 2. The molecule has 0 radical (unpaired) electrons. The highest BCUT2D eigenvalue weighted by Gasteiger charge is 2.28. The second-order valence-electron chi connectivity index (χ2n) is 3.28. The maximum atomic E-state index is 12.9. The second-order valence-corrected chi connectivity index (χ2v) is 3.28. The Labute approximate surface area is 89.0 Å². The molecule has 0 aliphatic carbocycles.